The predicted octanol–water partition coefficient (Wildman–Crippen LogP) is 1.33. The zero-order chi connectivity index (χ0) is 18.1. The Balaban J connectivity index is 1.81. The molecule has 1 saturated heterocycles. The third kappa shape index (κ3) is 3.05. The Kier molecular flexibility index (Phi) is 4.40. The third-order valence-corrected chi connectivity index (χ3v) is 4.87. The van der Waals surface area contributed by atoms with Crippen LogP contribution < -0.4 is 5.32 Å². The van der Waals surface area contributed by atoms with Crippen LogP contribution in [0.4, 0.5) is 5.82 Å². The van der Waals surface area contributed by atoms with Crippen molar-refractivity contribution in [3.05, 3.63) is 35.0 Å². The molecule has 0 aliphatic carbocycles. The number of aromatic nitrogens is 4. The molecule has 1 N–H and O–H groups in total. The predicted molar refractivity (Wildman–Crippen MR) is 91.5 cm³/mol. The first-order valence-electron chi connectivity index (χ1n) is 8.14. The summed E-state index contributed by atoms with van der Waals surface area (Å²) in [4.78, 5) is 22.3. The van der Waals surface area contributed by atoms with E-state index in [1.165, 1.54) is 12.4 Å². The number of carbonyl (C=O) groups is 1. The molecule has 25 heavy (non-hydrogen) atoms. The van der Waals surface area contributed by atoms with Crippen molar-refractivity contribution in [2.24, 2.45) is 13.0 Å². The molecule has 1 fully saturated rings. The largest absolute Gasteiger partial charge is 0.368 e. The van der Waals surface area contributed by atoms with Gasteiger partial charge in [0.1, 0.15) is 11.9 Å². The molecule has 0 spiro atoms. The van der Waals surface area contributed by atoms with Gasteiger partial charge in [-0.3, -0.25) is 9.48 Å². The van der Waals surface area contributed by atoms with E-state index in [2.05, 4.69) is 20.4 Å². The number of hydrogen-bond donors (Lipinski definition) is 1. The van der Waals surface area contributed by atoms with E-state index in [9.17, 15) is 4.79 Å². The fourth-order valence-electron chi connectivity index (χ4n) is 3.50. The first kappa shape index (κ1) is 16.9. The molecular formula is C17H21N7O. The first-order chi connectivity index (χ1) is 11.9. The summed E-state index contributed by atoms with van der Waals surface area (Å²) in [7, 11) is 3.77. The van der Waals surface area contributed by atoms with Gasteiger partial charge in [0, 0.05) is 44.2 Å². The molecule has 0 unspecified atom stereocenters. The molecule has 2 aromatic heterocycles. The summed E-state index contributed by atoms with van der Waals surface area (Å²) in [5.74, 6) is 0.835. The fourth-order valence-corrected chi connectivity index (χ4v) is 3.50. The molecule has 2 atom stereocenters. The SMILES string of the molecule is Cc1nn(C)c(C)c1[C@H]1[C@H](CNc2cnc(C#N)cn2)CC(=O)N1C. The van der Waals surface area contributed by atoms with Gasteiger partial charge >= 0.3 is 0 Å². The number of hydrogen-bond acceptors (Lipinski definition) is 6. The number of anilines is 1. The summed E-state index contributed by atoms with van der Waals surface area (Å²) in [6.07, 6.45) is 3.45. The first-order valence-corrected chi connectivity index (χ1v) is 8.14. The van der Waals surface area contributed by atoms with Gasteiger partial charge in [0.25, 0.3) is 0 Å². The van der Waals surface area contributed by atoms with E-state index in [-0.39, 0.29) is 23.6 Å². The highest BCUT2D eigenvalue weighted by molar-refractivity contribution is 5.79. The molecule has 0 aromatic carbocycles. The van der Waals surface area contributed by atoms with Crippen LogP contribution in [0.5, 0.6) is 0 Å². The minimum atomic E-state index is -0.0139. The maximum absolute atomic E-state index is 12.3. The molecule has 1 amide bonds. The number of nitriles is 1. The van der Waals surface area contributed by atoms with E-state index in [4.69, 9.17) is 5.26 Å². The minimum absolute atomic E-state index is 0.0139. The third-order valence-electron chi connectivity index (χ3n) is 4.87. The highest BCUT2D eigenvalue weighted by Gasteiger charge is 2.40. The summed E-state index contributed by atoms with van der Waals surface area (Å²) in [5, 5.41) is 16.5. The van der Waals surface area contributed by atoms with Gasteiger partial charge in [-0.15, -0.1) is 0 Å². The van der Waals surface area contributed by atoms with Crippen molar-refractivity contribution in [1.29, 1.82) is 5.26 Å². The second-order valence-corrected chi connectivity index (χ2v) is 6.40. The summed E-state index contributed by atoms with van der Waals surface area (Å²) < 4.78 is 1.86. The van der Waals surface area contributed by atoms with Gasteiger partial charge in [0.05, 0.1) is 24.1 Å². The fraction of sp³-hybridized carbons (Fsp3) is 0.471. The standard InChI is InChI=1S/C17H21N7O/c1-10-16(11(2)24(4)22-10)17-12(5-15(25)23(17)3)7-20-14-9-19-13(6-18)8-21-14/h8-9,12,17H,5,7H2,1-4H3,(H,20,21)/t12-,17+/m0/s1. The average Bonchev–Trinajstić information content (AvgIpc) is 3.01. The smallest absolute Gasteiger partial charge is 0.223 e. The molecule has 0 radical (unpaired) electrons. The van der Waals surface area contributed by atoms with E-state index in [1.807, 2.05) is 43.6 Å². The van der Waals surface area contributed by atoms with E-state index in [1.54, 1.807) is 0 Å². The van der Waals surface area contributed by atoms with Gasteiger partial charge in [0.15, 0.2) is 5.69 Å². The van der Waals surface area contributed by atoms with Crippen molar-refractivity contribution in [1.82, 2.24) is 24.6 Å². The van der Waals surface area contributed by atoms with Gasteiger partial charge in [-0.05, 0) is 13.8 Å². The molecule has 8 nitrogen and oxygen atoms in total. The van der Waals surface area contributed by atoms with Crippen LogP contribution in [0.25, 0.3) is 0 Å². The maximum atomic E-state index is 12.3. The van der Waals surface area contributed by atoms with Gasteiger partial charge in [-0.1, -0.05) is 0 Å². The number of aryl methyl sites for hydroxylation is 2. The van der Waals surface area contributed by atoms with Crippen LogP contribution in [0.1, 0.15) is 35.1 Å². The number of nitrogens with zero attached hydrogens (tertiary/aromatic N) is 6. The number of carbonyl (C=O) groups excluding carboxylic acids is 1. The summed E-state index contributed by atoms with van der Waals surface area (Å²) in [6.45, 7) is 4.60. The van der Waals surface area contributed by atoms with Gasteiger partial charge < -0.3 is 10.2 Å². The molecule has 3 rings (SSSR count). The molecule has 0 saturated carbocycles. The van der Waals surface area contributed by atoms with Gasteiger partial charge in [0.2, 0.25) is 5.91 Å². The zero-order valence-corrected chi connectivity index (χ0v) is 14.8. The Bertz CT molecular complexity index is 834. The second kappa shape index (κ2) is 6.51. The molecular weight excluding hydrogens is 318 g/mol. The lowest BCUT2D eigenvalue weighted by molar-refractivity contribution is -0.127. The summed E-state index contributed by atoms with van der Waals surface area (Å²) in [5.41, 5.74) is 3.43. The van der Waals surface area contributed by atoms with Crippen LogP contribution in [0.2, 0.25) is 0 Å². The van der Waals surface area contributed by atoms with Crippen molar-refractivity contribution in [3.8, 4) is 6.07 Å². The van der Waals surface area contributed by atoms with E-state index < -0.39 is 0 Å². The monoisotopic (exact) mass is 339 g/mol. The van der Waals surface area contributed by atoms with Gasteiger partial charge in [-0.25, -0.2) is 9.97 Å². The van der Waals surface area contributed by atoms with Crippen LogP contribution >= 0.6 is 0 Å². The lowest BCUT2D eigenvalue weighted by Gasteiger charge is -2.26. The Morgan fingerprint density at radius 1 is 1.32 bits per heavy atom. The van der Waals surface area contributed by atoms with E-state index >= 15 is 0 Å². The van der Waals surface area contributed by atoms with Crippen LogP contribution in [-0.2, 0) is 11.8 Å². The highest BCUT2D eigenvalue weighted by atomic mass is 16.2. The normalized spacial score (nSPS) is 20.0. The van der Waals surface area contributed by atoms with Crippen molar-refractivity contribution in [3.63, 3.8) is 0 Å². The van der Waals surface area contributed by atoms with E-state index in [0.717, 1.165) is 17.0 Å². The lowest BCUT2D eigenvalue weighted by Crippen LogP contribution is -2.27. The van der Waals surface area contributed by atoms with Crippen molar-refractivity contribution in [2.45, 2.75) is 26.3 Å². The Morgan fingerprint density at radius 3 is 2.64 bits per heavy atom. The Morgan fingerprint density at radius 2 is 2.08 bits per heavy atom. The van der Waals surface area contributed by atoms with Crippen LogP contribution in [-0.4, -0.2) is 44.1 Å². The number of nitrogens with one attached hydrogen (secondary N) is 1. The molecule has 8 heteroatoms. The highest BCUT2D eigenvalue weighted by Crippen LogP contribution is 2.39. The number of amides is 1. The molecule has 130 valence electrons. The van der Waals surface area contributed by atoms with E-state index in [0.29, 0.717) is 18.8 Å². The quantitative estimate of drug-likeness (QED) is 0.902. The molecule has 0 bridgehead atoms. The average molecular weight is 339 g/mol. The van der Waals surface area contributed by atoms with Crippen LogP contribution in [0.3, 0.4) is 0 Å². The molecule has 3 heterocycles. The van der Waals surface area contributed by atoms with Crippen LogP contribution in [0, 0.1) is 31.1 Å². The van der Waals surface area contributed by atoms with Crippen molar-refractivity contribution < 1.29 is 4.79 Å². The Labute approximate surface area is 146 Å². The molecule has 2 aromatic rings. The molecule has 1 aliphatic rings. The van der Waals surface area contributed by atoms with Crippen LogP contribution in [0.15, 0.2) is 12.4 Å². The van der Waals surface area contributed by atoms with Crippen molar-refractivity contribution >= 4 is 11.7 Å². The second-order valence-electron chi connectivity index (χ2n) is 6.40. The molecule has 1 aliphatic heterocycles. The zero-order valence-electron chi connectivity index (χ0n) is 14.8. The Hall–Kier alpha value is -2.95. The lowest BCUT2D eigenvalue weighted by atomic mass is 9.92. The van der Waals surface area contributed by atoms with Crippen molar-refractivity contribution in [2.75, 3.05) is 18.9 Å². The number of likely N-dealkylation sites (tertiary alicyclic amines) is 1. The number of rotatable bonds is 4. The summed E-state index contributed by atoms with van der Waals surface area (Å²) in [6, 6.07) is 1.93. The van der Waals surface area contributed by atoms with Gasteiger partial charge in [-0.2, -0.15) is 10.4 Å². The topological polar surface area (TPSA) is 99.7 Å². The summed E-state index contributed by atoms with van der Waals surface area (Å²) >= 11 is 0. The maximum Gasteiger partial charge on any atom is 0.223 e. The minimum Gasteiger partial charge on any atom is -0.368 e.